The first-order valence-corrected chi connectivity index (χ1v) is 4.67. The zero-order valence-corrected chi connectivity index (χ0v) is 8.02. The Balaban J connectivity index is 2.75. The molecule has 0 aromatic carbocycles. The van der Waals surface area contributed by atoms with Gasteiger partial charge in [-0.15, -0.1) is 0 Å². The molecule has 1 aliphatic rings. The van der Waals surface area contributed by atoms with E-state index in [1.807, 2.05) is 0 Å². The minimum absolute atomic E-state index is 0.608. The molecule has 1 aliphatic carbocycles. The highest BCUT2D eigenvalue weighted by atomic mass is 14.3. The van der Waals surface area contributed by atoms with Crippen molar-refractivity contribution in [3.8, 4) is 11.8 Å². The summed E-state index contributed by atoms with van der Waals surface area (Å²) in [4.78, 5) is 0. The first-order valence-electron chi connectivity index (χ1n) is 4.67. The van der Waals surface area contributed by atoms with Crippen molar-refractivity contribution < 1.29 is 0 Å². The van der Waals surface area contributed by atoms with Gasteiger partial charge in [0.15, 0.2) is 0 Å². The molecule has 0 radical (unpaired) electrons. The zero-order valence-electron chi connectivity index (χ0n) is 8.02. The van der Waals surface area contributed by atoms with Crippen LogP contribution in [0.15, 0.2) is 0 Å². The number of hydrogen-bond acceptors (Lipinski definition) is 0. The maximum absolute atomic E-state index is 3.31. The van der Waals surface area contributed by atoms with E-state index in [0.717, 1.165) is 11.8 Å². The van der Waals surface area contributed by atoms with Gasteiger partial charge in [-0.25, -0.2) is 0 Å². The molecule has 0 N–H and O–H groups in total. The van der Waals surface area contributed by atoms with Crippen molar-refractivity contribution >= 4 is 0 Å². The van der Waals surface area contributed by atoms with Gasteiger partial charge < -0.3 is 0 Å². The van der Waals surface area contributed by atoms with Gasteiger partial charge in [0, 0.05) is 11.8 Å². The highest BCUT2D eigenvalue weighted by Gasteiger charge is 2.27. The Bertz CT molecular complexity index is 182. The number of hydrogen-bond donors (Lipinski definition) is 0. The van der Waals surface area contributed by atoms with E-state index in [0.29, 0.717) is 11.8 Å². The maximum atomic E-state index is 3.31. The Morgan fingerprint density at radius 2 is 1.55 bits per heavy atom. The van der Waals surface area contributed by atoms with Crippen LogP contribution in [0.4, 0.5) is 0 Å². The van der Waals surface area contributed by atoms with Crippen molar-refractivity contribution in [3.63, 3.8) is 0 Å². The second kappa shape index (κ2) is 3.30. The van der Waals surface area contributed by atoms with E-state index in [9.17, 15) is 0 Å². The van der Waals surface area contributed by atoms with Crippen LogP contribution in [0.3, 0.4) is 0 Å². The lowest BCUT2D eigenvalue weighted by atomic mass is 9.73. The summed E-state index contributed by atoms with van der Waals surface area (Å²) in [5, 5.41) is 0. The summed E-state index contributed by atoms with van der Waals surface area (Å²) in [5.41, 5.74) is 0. The minimum Gasteiger partial charge on any atom is -0.0996 e. The van der Waals surface area contributed by atoms with Crippen LogP contribution < -0.4 is 0 Å². The Kier molecular flexibility index (Phi) is 2.60. The van der Waals surface area contributed by atoms with Crippen molar-refractivity contribution in [2.45, 2.75) is 34.1 Å². The monoisotopic (exact) mass is 150 g/mol. The lowest BCUT2D eigenvalue weighted by Crippen LogP contribution is -2.26. The molecule has 0 aliphatic heterocycles. The van der Waals surface area contributed by atoms with Gasteiger partial charge in [-0.1, -0.05) is 46.0 Å². The van der Waals surface area contributed by atoms with Gasteiger partial charge in [0.1, 0.15) is 0 Å². The molecule has 4 atom stereocenters. The summed E-state index contributed by atoms with van der Waals surface area (Å²) in [6, 6.07) is 0. The van der Waals surface area contributed by atoms with Crippen molar-refractivity contribution in [2.24, 2.45) is 23.7 Å². The van der Waals surface area contributed by atoms with Gasteiger partial charge in [-0.3, -0.25) is 0 Å². The molecular formula is C11H18. The number of rotatable bonds is 1. The van der Waals surface area contributed by atoms with E-state index in [4.69, 9.17) is 0 Å². The summed E-state index contributed by atoms with van der Waals surface area (Å²) >= 11 is 0. The van der Waals surface area contributed by atoms with Crippen molar-refractivity contribution in [3.05, 3.63) is 0 Å². The van der Waals surface area contributed by atoms with Crippen LogP contribution in [0, 0.1) is 35.5 Å². The van der Waals surface area contributed by atoms with Gasteiger partial charge in [-0.05, 0) is 11.8 Å². The Labute approximate surface area is 70.4 Å². The van der Waals surface area contributed by atoms with E-state index in [-0.39, 0.29) is 0 Å². The third-order valence-electron chi connectivity index (χ3n) is 3.12. The molecule has 0 fully saturated rings. The van der Waals surface area contributed by atoms with Gasteiger partial charge in [0.05, 0.1) is 0 Å². The second-order valence-electron chi connectivity index (χ2n) is 3.80. The highest BCUT2D eigenvalue weighted by molar-refractivity contribution is 5.13. The zero-order chi connectivity index (χ0) is 8.43. The average molecular weight is 150 g/mol. The molecular weight excluding hydrogens is 132 g/mol. The largest absolute Gasteiger partial charge is 0.0996 e. The third kappa shape index (κ3) is 1.59. The van der Waals surface area contributed by atoms with Crippen LogP contribution >= 0.6 is 0 Å². The Morgan fingerprint density at radius 3 is 2.00 bits per heavy atom. The summed E-state index contributed by atoms with van der Waals surface area (Å²) in [7, 11) is 0. The van der Waals surface area contributed by atoms with Crippen LogP contribution in [0.2, 0.25) is 0 Å². The highest BCUT2D eigenvalue weighted by Crippen LogP contribution is 2.32. The van der Waals surface area contributed by atoms with Gasteiger partial charge in [-0.2, -0.15) is 0 Å². The fraction of sp³-hybridized carbons (Fsp3) is 0.818. The van der Waals surface area contributed by atoms with E-state index in [1.165, 1.54) is 6.42 Å². The molecule has 0 nitrogen and oxygen atoms in total. The average Bonchev–Trinajstić information content (AvgIpc) is 1.99. The topological polar surface area (TPSA) is 0 Å². The van der Waals surface area contributed by atoms with Crippen molar-refractivity contribution in [1.29, 1.82) is 0 Å². The van der Waals surface area contributed by atoms with E-state index in [1.54, 1.807) is 0 Å². The summed E-state index contributed by atoms with van der Waals surface area (Å²) in [6.45, 7) is 9.11. The second-order valence-corrected chi connectivity index (χ2v) is 3.80. The van der Waals surface area contributed by atoms with Crippen LogP contribution in [0.25, 0.3) is 0 Å². The van der Waals surface area contributed by atoms with Crippen LogP contribution in [0.5, 0.6) is 0 Å². The maximum Gasteiger partial charge on any atom is 0.0205 e. The Hall–Kier alpha value is -0.440. The molecule has 0 saturated carbocycles. The van der Waals surface area contributed by atoms with Crippen LogP contribution in [-0.2, 0) is 0 Å². The molecule has 1 rings (SSSR count). The molecule has 0 heterocycles. The molecule has 1 unspecified atom stereocenters. The minimum atomic E-state index is 0.608. The fourth-order valence-electron chi connectivity index (χ4n) is 2.05. The first kappa shape index (κ1) is 8.65. The molecule has 62 valence electrons. The van der Waals surface area contributed by atoms with Crippen molar-refractivity contribution in [2.75, 3.05) is 0 Å². The molecule has 0 heteroatoms. The van der Waals surface area contributed by atoms with Crippen LogP contribution in [-0.4, -0.2) is 0 Å². The molecule has 0 saturated heterocycles. The predicted molar refractivity (Wildman–Crippen MR) is 49.0 cm³/mol. The Morgan fingerprint density at radius 1 is 1.00 bits per heavy atom. The molecule has 0 amide bonds. The third-order valence-corrected chi connectivity index (χ3v) is 3.12. The summed E-state index contributed by atoms with van der Waals surface area (Å²) in [5.74, 6) is 9.45. The molecule has 0 aromatic heterocycles. The van der Waals surface area contributed by atoms with Gasteiger partial charge >= 0.3 is 0 Å². The molecule has 0 spiro atoms. The van der Waals surface area contributed by atoms with E-state index >= 15 is 0 Å². The summed E-state index contributed by atoms with van der Waals surface area (Å²) < 4.78 is 0. The quantitative estimate of drug-likeness (QED) is 0.504. The normalized spacial score (nSPS) is 42.9. The van der Waals surface area contributed by atoms with Crippen molar-refractivity contribution in [1.82, 2.24) is 0 Å². The summed E-state index contributed by atoms with van der Waals surface area (Å²) in [6.07, 6.45) is 1.28. The molecule has 11 heavy (non-hydrogen) atoms. The SMILES string of the molecule is CC[C@@H]1C(C)[C@H](C)C#C[C@H]1C. The molecule has 0 aromatic rings. The van der Waals surface area contributed by atoms with Gasteiger partial charge in [0.2, 0.25) is 0 Å². The lowest BCUT2D eigenvalue weighted by molar-refractivity contribution is 0.238. The van der Waals surface area contributed by atoms with E-state index in [2.05, 4.69) is 39.5 Å². The van der Waals surface area contributed by atoms with E-state index < -0.39 is 0 Å². The first-order chi connectivity index (χ1) is 5.16. The predicted octanol–water partition coefficient (Wildman–Crippen LogP) is 2.94. The standard InChI is InChI=1S/C11H18/c1-5-11-9(3)7-6-8(2)10(11)4/h8-11H,5H2,1-4H3/t8-,9-,10?,11+/m1/s1. The lowest BCUT2D eigenvalue weighted by Gasteiger charge is -2.31. The van der Waals surface area contributed by atoms with Gasteiger partial charge in [0.25, 0.3) is 0 Å². The molecule has 0 bridgehead atoms. The van der Waals surface area contributed by atoms with Crippen LogP contribution in [0.1, 0.15) is 34.1 Å². The fourth-order valence-corrected chi connectivity index (χ4v) is 2.05. The smallest absolute Gasteiger partial charge is 0.0205 e.